The van der Waals surface area contributed by atoms with E-state index in [9.17, 15) is 19.5 Å². The minimum absolute atomic E-state index is 0.0119. The Kier molecular flexibility index (Phi) is 10.2. The molecule has 7 rings (SSSR count). The highest BCUT2D eigenvalue weighted by Crippen LogP contribution is 2.46. The van der Waals surface area contributed by atoms with Gasteiger partial charge in [0.05, 0.1) is 45.8 Å². The first-order valence-electron chi connectivity index (χ1n) is 17.7. The molecule has 3 N–H and O–H groups in total. The van der Waals surface area contributed by atoms with Gasteiger partial charge in [0.15, 0.2) is 17.3 Å². The highest BCUT2D eigenvalue weighted by atomic mass is 19.1. The summed E-state index contributed by atoms with van der Waals surface area (Å²) >= 11 is 0. The summed E-state index contributed by atoms with van der Waals surface area (Å²) in [7, 11) is 6.08. The Morgan fingerprint density at radius 3 is 2.26 bits per heavy atom. The van der Waals surface area contributed by atoms with E-state index in [4.69, 9.17) is 18.9 Å². The van der Waals surface area contributed by atoms with E-state index < -0.39 is 28.9 Å². The molecule has 2 saturated heterocycles. The number of aromatic carboxylic acids is 1. The van der Waals surface area contributed by atoms with Gasteiger partial charge in [0.2, 0.25) is 17.1 Å². The number of carbonyl (C=O) groups excluding carboxylic acids is 1. The molecule has 53 heavy (non-hydrogen) atoms. The third-order valence-electron chi connectivity index (χ3n) is 10.6. The van der Waals surface area contributed by atoms with Crippen molar-refractivity contribution >= 4 is 28.5 Å². The van der Waals surface area contributed by atoms with Crippen molar-refractivity contribution in [2.24, 2.45) is 5.92 Å². The number of likely N-dealkylation sites (tertiary alicyclic amines) is 1. The molecule has 3 aliphatic rings. The first-order chi connectivity index (χ1) is 25.7. The van der Waals surface area contributed by atoms with Gasteiger partial charge in [-0.3, -0.25) is 19.9 Å². The summed E-state index contributed by atoms with van der Waals surface area (Å²) in [6, 6.07) is 14.7. The molecular weight excluding hydrogens is 685 g/mol. The van der Waals surface area contributed by atoms with Crippen LogP contribution in [-0.2, 0) is 11.2 Å². The average molecular weight is 730 g/mol. The molecule has 1 aromatic heterocycles. The molecule has 13 nitrogen and oxygen atoms in total. The molecule has 2 aliphatic heterocycles. The van der Waals surface area contributed by atoms with Crippen molar-refractivity contribution in [3.63, 3.8) is 0 Å². The number of nitrogens with one attached hydrogen (secondary N) is 2. The van der Waals surface area contributed by atoms with Crippen LogP contribution in [0.2, 0.25) is 0 Å². The van der Waals surface area contributed by atoms with Crippen molar-refractivity contribution < 1.29 is 38.0 Å². The van der Waals surface area contributed by atoms with Crippen LogP contribution in [0.1, 0.15) is 59.4 Å². The molecule has 14 heteroatoms. The Balaban J connectivity index is 1.26. The predicted octanol–water partition coefficient (Wildman–Crippen LogP) is 4.67. The maximum absolute atomic E-state index is 16.9. The number of benzene rings is 3. The van der Waals surface area contributed by atoms with E-state index in [1.165, 1.54) is 20.4 Å². The van der Waals surface area contributed by atoms with Crippen LogP contribution in [0.4, 0.5) is 10.1 Å². The summed E-state index contributed by atoms with van der Waals surface area (Å²) in [6.07, 6.45) is 4.24. The molecular formula is C39H44FN5O8. The number of halogens is 1. The second kappa shape index (κ2) is 15.0. The van der Waals surface area contributed by atoms with Crippen LogP contribution in [0.25, 0.3) is 10.9 Å². The van der Waals surface area contributed by atoms with Gasteiger partial charge in [0.1, 0.15) is 23.2 Å². The average Bonchev–Trinajstić information content (AvgIpc) is 3.92. The van der Waals surface area contributed by atoms with Crippen LogP contribution in [0.5, 0.6) is 23.0 Å². The number of fused-ring (bicyclic) bond motifs is 2. The summed E-state index contributed by atoms with van der Waals surface area (Å²) in [5.41, 5.74) is 6.95. The van der Waals surface area contributed by atoms with Gasteiger partial charge in [0.25, 0.3) is 0 Å². The van der Waals surface area contributed by atoms with Crippen molar-refractivity contribution in [2.45, 2.75) is 50.4 Å². The number of nitrogens with zero attached hydrogens (tertiary/aromatic N) is 3. The lowest BCUT2D eigenvalue weighted by molar-refractivity contribution is -0.122. The highest BCUT2D eigenvalue weighted by molar-refractivity contribution is 5.95. The summed E-state index contributed by atoms with van der Waals surface area (Å²) in [4.78, 5) is 43.0. The Bertz CT molecular complexity index is 2060. The van der Waals surface area contributed by atoms with Gasteiger partial charge in [-0.25, -0.2) is 14.6 Å². The SMILES string of the molecule is COc1cc(C(NNC(=O)Cc2ccccc2)N2CCCC3CN(c4c(OC)cc5c(c4F)c(=O)c(C(=O)O)cn5C4CC4)CC32)cc(OC)c1OC. The zero-order valence-corrected chi connectivity index (χ0v) is 30.2. The van der Waals surface area contributed by atoms with Crippen LogP contribution in [-0.4, -0.2) is 80.6 Å². The van der Waals surface area contributed by atoms with E-state index in [0.717, 1.165) is 36.8 Å². The van der Waals surface area contributed by atoms with E-state index >= 15 is 4.39 Å². The Morgan fingerprint density at radius 2 is 1.64 bits per heavy atom. The summed E-state index contributed by atoms with van der Waals surface area (Å²) < 4.78 is 41.4. The zero-order valence-electron chi connectivity index (χ0n) is 30.2. The molecule has 1 saturated carbocycles. The zero-order chi connectivity index (χ0) is 37.4. The third kappa shape index (κ3) is 6.84. The van der Waals surface area contributed by atoms with Crippen molar-refractivity contribution in [2.75, 3.05) is 53.0 Å². The molecule has 1 aliphatic carbocycles. The number of hydrogen-bond donors (Lipinski definition) is 3. The van der Waals surface area contributed by atoms with Crippen molar-refractivity contribution in [3.8, 4) is 23.0 Å². The smallest absolute Gasteiger partial charge is 0.341 e. The first-order valence-corrected chi connectivity index (χ1v) is 17.7. The lowest BCUT2D eigenvalue weighted by Gasteiger charge is -2.42. The van der Waals surface area contributed by atoms with Crippen LogP contribution in [0.15, 0.2) is 59.5 Å². The minimum atomic E-state index is -1.40. The molecule has 280 valence electrons. The maximum atomic E-state index is 16.9. The highest BCUT2D eigenvalue weighted by Gasteiger charge is 2.44. The number of carboxylic acid groups (broad SMARTS) is 1. The largest absolute Gasteiger partial charge is 0.494 e. The molecule has 0 radical (unpaired) electrons. The van der Waals surface area contributed by atoms with Gasteiger partial charge < -0.3 is 33.5 Å². The molecule has 4 aromatic rings. The summed E-state index contributed by atoms with van der Waals surface area (Å²) in [5.74, 6) is -0.729. The third-order valence-corrected chi connectivity index (χ3v) is 10.6. The fourth-order valence-corrected chi connectivity index (χ4v) is 7.99. The Morgan fingerprint density at radius 1 is 0.943 bits per heavy atom. The van der Waals surface area contributed by atoms with Crippen LogP contribution >= 0.6 is 0 Å². The van der Waals surface area contributed by atoms with Crippen molar-refractivity contribution in [3.05, 3.63) is 87.5 Å². The molecule has 3 fully saturated rings. The molecule has 3 unspecified atom stereocenters. The Hall–Kier alpha value is -5.34. The van der Waals surface area contributed by atoms with Crippen molar-refractivity contribution in [1.82, 2.24) is 20.3 Å². The number of aromatic nitrogens is 1. The number of amides is 1. The number of methoxy groups -OCH3 is 4. The first kappa shape index (κ1) is 36.0. The van der Waals surface area contributed by atoms with Crippen LogP contribution in [0, 0.1) is 11.7 Å². The number of pyridine rings is 1. The van der Waals surface area contributed by atoms with E-state index in [2.05, 4.69) is 15.8 Å². The van der Waals surface area contributed by atoms with Crippen LogP contribution in [0.3, 0.4) is 0 Å². The number of anilines is 1. The quantitative estimate of drug-likeness (QED) is 0.165. The van der Waals surface area contributed by atoms with Gasteiger partial charge in [-0.2, -0.15) is 0 Å². The number of piperidine rings is 1. The molecule has 3 heterocycles. The number of ether oxygens (including phenoxy) is 4. The fourth-order valence-electron chi connectivity index (χ4n) is 7.99. The van der Waals surface area contributed by atoms with Gasteiger partial charge in [-0.1, -0.05) is 30.3 Å². The molecule has 1 amide bonds. The maximum Gasteiger partial charge on any atom is 0.341 e. The number of carbonyl (C=O) groups is 2. The minimum Gasteiger partial charge on any atom is -0.494 e. The van der Waals surface area contributed by atoms with Gasteiger partial charge >= 0.3 is 5.97 Å². The second-order valence-electron chi connectivity index (χ2n) is 13.8. The van der Waals surface area contributed by atoms with E-state index in [1.807, 2.05) is 47.4 Å². The second-order valence-corrected chi connectivity index (χ2v) is 13.8. The number of rotatable bonds is 13. The topological polar surface area (TPSA) is 144 Å². The van der Waals surface area contributed by atoms with E-state index in [1.54, 1.807) is 24.9 Å². The fraction of sp³-hybridized carbons (Fsp3) is 0.410. The Labute approximate surface area is 306 Å². The molecule has 3 aromatic carbocycles. The summed E-state index contributed by atoms with van der Waals surface area (Å²) in [6.45, 7) is 1.50. The lowest BCUT2D eigenvalue weighted by atomic mass is 9.91. The predicted molar refractivity (Wildman–Crippen MR) is 196 cm³/mol. The van der Waals surface area contributed by atoms with Crippen molar-refractivity contribution in [1.29, 1.82) is 0 Å². The summed E-state index contributed by atoms with van der Waals surface area (Å²) in [5, 5.41) is 9.60. The van der Waals surface area contributed by atoms with Gasteiger partial charge in [-0.15, -0.1) is 0 Å². The normalized spacial score (nSPS) is 19.1. The van der Waals surface area contributed by atoms with Gasteiger partial charge in [-0.05, 0) is 54.9 Å². The number of carboxylic acids is 1. The monoisotopic (exact) mass is 729 g/mol. The van der Waals surface area contributed by atoms with E-state index in [0.29, 0.717) is 42.4 Å². The van der Waals surface area contributed by atoms with E-state index in [-0.39, 0.29) is 47.2 Å². The van der Waals surface area contributed by atoms with Crippen LogP contribution < -0.4 is 40.1 Å². The molecule has 3 atom stereocenters. The standard InChI is InChI=1S/C39H44FN5O8/c1-50-29-18-27-33(36(47)26(39(48)49)20-45(27)25-12-13-25)34(40)35(29)43-19-23-11-8-14-44(28(23)21-43)38(42-41-32(46)15-22-9-6-5-7-10-22)24-16-30(51-2)37(53-4)31(17-24)52-3/h5-7,9-10,16-18,20,23,25,28,38,42H,8,11-15,19,21H2,1-4H3,(H,41,46)(H,48,49). The number of hydrazine groups is 1. The lowest BCUT2D eigenvalue weighted by Crippen LogP contribution is -2.54. The molecule has 0 spiro atoms. The number of hydrogen-bond acceptors (Lipinski definition) is 10. The molecule has 0 bridgehead atoms. The van der Waals surface area contributed by atoms with Gasteiger partial charge in [0, 0.05) is 44.0 Å².